The van der Waals surface area contributed by atoms with E-state index in [4.69, 9.17) is 5.26 Å². The standard InChI is InChI=1S/C20H12FNOS/c21-20-12-18(23)11-17(20)6-3-14-1-4-15(5-2-14)16-7-9-19(10-8-16)24-13-22/h1-2,4-5,7-10,12,23H,11H2. The lowest BCUT2D eigenvalue weighted by Gasteiger charge is -2.02. The van der Waals surface area contributed by atoms with Crippen LogP contribution in [0, 0.1) is 22.5 Å². The maximum absolute atomic E-state index is 13.4. The SMILES string of the molecule is N#CSc1ccc(-c2ccc(C#CC3=C(F)C=C(O)C3)cc2)cc1. The second kappa shape index (κ2) is 7.08. The number of nitriles is 1. The molecule has 0 aliphatic heterocycles. The van der Waals surface area contributed by atoms with Gasteiger partial charge in [0.25, 0.3) is 0 Å². The lowest BCUT2D eigenvalue weighted by molar-refractivity contribution is 0.403. The summed E-state index contributed by atoms with van der Waals surface area (Å²) in [5, 5.41) is 20.0. The molecule has 0 atom stereocenters. The van der Waals surface area contributed by atoms with Crippen LogP contribution in [-0.2, 0) is 0 Å². The van der Waals surface area contributed by atoms with Crippen LogP contribution in [-0.4, -0.2) is 5.11 Å². The van der Waals surface area contributed by atoms with Crippen LogP contribution in [0.1, 0.15) is 12.0 Å². The Balaban J connectivity index is 1.75. The predicted molar refractivity (Wildman–Crippen MR) is 93.7 cm³/mol. The first kappa shape index (κ1) is 15.9. The Morgan fingerprint density at radius 3 is 2.12 bits per heavy atom. The largest absolute Gasteiger partial charge is 0.512 e. The number of rotatable bonds is 2. The maximum atomic E-state index is 13.4. The van der Waals surface area contributed by atoms with Gasteiger partial charge in [-0.05, 0) is 47.2 Å². The number of nitrogens with zero attached hydrogens (tertiary/aromatic N) is 1. The van der Waals surface area contributed by atoms with Gasteiger partial charge in [-0.15, -0.1) is 0 Å². The Labute approximate surface area is 143 Å². The highest BCUT2D eigenvalue weighted by Crippen LogP contribution is 2.25. The van der Waals surface area contributed by atoms with Crippen molar-refractivity contribution in [3.8, 4) is 28.4 Å². The van der Waals surface area contributed by atoms with E-state index in [9.17, 15) is 9.50 Å². The van der Waals surface area contributed by atoms with Crippen molar-refractivity contribution in [3.05, 3.63) is 77.3 Å². The zero-order chi connectivity index (χ0) is 16.9. The number of allylic oxidation sites excluding steroid dienone is 3. The summed E-state index contributed by atoms with van der Waals surface area (Å²) in [6.07, 6.45) is 1.26. The van der Waals surface area contributed by atoms with E-state index in [0.717, 1.165) is 39.4 Å². The van der Waals surface area contributed by atoms with Crippen molar-refractivity contribution in [2.24, 2.45) is 0 Å². The molecule has 116 valence electrons. The molecule has 0 saturated heterocycles. The van der Waals surface area contributed by atoms with Gasteiger partial charge in [0.2, 0.25) is 0 Å². The van der Waals surface area contributed by atoms with Gasteiger partial charge in [0, 0.05) is 28.5 Å². The molecule has 0 radical (unpaired) electrons. The molecule has 1 aliphatic carbocycles. The number of aliphatic hydroxyl groups excluding tert-OH is 1. The third-order valence-electron chi connectivity index (χ3n) is 3.53. The number of thioether (sulfide) groups is 1. The Morgan fingerprint density at radius 1 is 0.958 bits per heavy atom. The van der Waals surface area contributed by atoms with Crippen molar-refractivity contribution in [3.63, 3.8) is 0 Å². The Morgan fingerprint density at radius 2 is 1.58 bits per heavy atom. The van der Waals surface area contributed by atoms with Crippen LogP contribution in [0.3, 0.4) is 0 Å². The summed E-state index contributed by atoms with van der Waals surface area (Å²) in [7, 11) is 0. The lowest BCUT2D eigenvalue weighted by Crippen LogP contribution is -1.81. The van der Waals surface area contributed by atoms with E-state index in [2.05, 4.69) is 11.8 Å². The molecule has 2 nitrogen and oxygen atoms in total. The second-order valence-corrected chi connectivity index (χ2v) is 6.04. The topological polar surface area (TPSA) is 44.0 Å². The van der Waals surface area contributed by atoms with Gasteiger partial charge in [-0.3, -0.25) is 0 Å². The summed E-state index contributed by atoms with van der Waals surface area (Å²) in [5.41, 5.74) is 3.18. The molecule has 0 bridgehead atoms. The number of hydrogen-bond donors (Lipinski definition) is 1. The third kappa shape index (κ3) is 3.68. The highest BCUT2D eigenvalue weighted by atomic mass is 32.2. The Bertz CT molecular complexity index is 923. The molecule has 0 unspecified atom stereocenters. The summed E-state index contributed by atoms with van der Waals surface area (Å²) in [4.78, 5) is 0.910. The summed E-state index contributed by atoms with van der Waals surface area (Å²) >= 11 is 1.13. The van der Waals surface area contributed by atoms with Crippen LogP contribution < -0.4 is 0 Å². The molecule has 0 fully saturated rings. The second-order valence-electron chi connectivity index (χ2n) is 5.18. The molecule has 0 heterocycles. The van der Waals surface area contributed by atoms with Crippen LogP contribution in [0.5, 0.6) is 0 Å². The lowest BCUT2D eigenvalue weighted by atomic mass is 10.0. The van der Waals surface area contributed by atoms with Crippen LogP contribution >= 0.6 is 11.8 Å². The average Bonchev–Trinajstić information content (AvgIpc) is 2.92. The molecule has 0 saturated carbocycles. The molecular weight excluding hydrogens is 321 g/mol. The van der Waals surface area contributed by atoms with Crippen molar-refractivity contribution >= 4 is 11.8 Å². The predicted octanol–water partition coefficient (Wildman–Crippen LogP) is 5.35. The van der Waals surface area contributed by atoms with Crippen LogP contribution in [0.15, 0.2) is 76.7 Å². The van der Waals surface area contributed by atoms with E-state index in [1.165, 1.54) is 0 Å². The number of hydrogen-bond acceptors (Lipinski definition) is 3. The summed E-state index contributed by atoms with van der Waals surface area (Å²) in [6.45, 7) is 0. The first-order valence-electron chi connectivity index (χ1n) is 7.22. The van der Waals surface area contributed by atoms with Crippen molar-refractivity contribution in [2.45, 2.75) is 11.3 Å². The highest BCUT2D eigenvalue weighted by molar-refractivity contribution is 8.03. The van der Waals surface area contributed by atoms with Crippen molar-refractivity contribution in [1.82, 2.24) is 0 Å². The van der Waals surface area contributed by atoms with Gasteiger partial charge in [0.1, 0.15) is 17.0 Å². The molecule has 2 aromatic carbocycles. The molecule has 0 aromatic heterocycles. The van der Waals surface area contributed by atoms with Crippen LogP contribution in [0.2, 0.25) is 0 Å². The number of thiocyanates is 1. The van der Waals surface area contributed by atoms with Gasteiger partial charge in [-0.2, -0.15) is 5.26 Å². The van der Waals surface area contributed by atoms with Crippen molar-refractivity contribution in [2.75, 3.05) is 0 Å². The Kier molecular flexibility index (Phi) is 4.70. The Hall–Kier alpha value is -2.95. The molecule has 0 spiro atoms. The third-order valence-corrected chi connectivity index (χ3v) is 4.13. The minimum atomic E-state index is -0.466. The van der Waals surface area contributed by atoms with E-state index in [-0.39, 0.29) is 12.2 Å². The smallest absolute Gasteiger partial charge is 0.138 e. The van der Waals surface area contributed by atoms with Crippen LogP contribution in [0.4, 0.5) is 4.39 Å². The molecule has 4 heteroatoms. The fourth-order valence-corrected chi connectivity index (χ4v) is 2.69. The van der Waals surface area contributed by atoms with E-state index in [1.54, 1.807) is 0 Å². The highest BCUT2D eigenvalue weighted by Gasteiger charge is 2.12. The summed E-state index contributed by atoms with van der Waals surface area (Å²) in [6, 6.07) is 15.4. The molecule has 3 rings (SSSR count). The molecular formula is C20H12FNOS. The summed E-state index contributed by atoms with van der Waals surface area (Å²) in [5.74, 6) is 5.22. The van der Waals surface area contributed by atoms with Crippen molar-refractivity contribution in [1.29, 1.82) is 5.26 Å². The molecule has 24 heavy (non-hydrogen) atoms. The fourth-order valence-electron chi connectivity index (χ4n) is 2.32. The average molecular weight is 333 g/mol. The zero-order valence-corrected chi connectivity index (χ0v) is 13.4. The minimum absolute atomic E-state index is 0.00477. The van der Waals surface area contributed by atoms with E-state index in [0.29, 0.717) is 5.57 Å². The fraction of sp³-hybridized carbons (Fsp3) is 0.0500. The van der Waals surface area contributed by atoms with Gasteiger partial charge in [0.15, 0.2) is 0 Å². The van der Waals surface area contributed by atoms with Gasteiger partial charge < -0.3 is 5.11 Å². The molecule has 2 aromatic rings. The van der Waals surface area contributed by atoms with Gasteiger partial charge >= 0.3 is 0 Å². The monoisotopic (exact) mass is 333 g/mol. The normalized spacial score (nSPS) is 13.1. The maximum Gasteiger partial charge on any atom is 0.138 e. The molecule has 1 N–H and O–H groups in total. The zero-order valence-electron chi connectivity index (χ0n) is 12.6. The first-order valence-corrected chi connectivity index (χ1v) is 8.04. The number of benzene rings is 2. The van der Waals surface area contributed by atoms with E-state index >= 15 is 0 Å². The first-order chi connectivity index (χ1) is 11.7. The minimum Gasteiger partial charge on any atom is -0.512 e. The molecule has 0 amide bonds. The van der Waals surface area contributed by atoms with E-state index in [1.807, 2.05) is 53.9 Å². The molecule has 1 aliphatic rings. The van der Waals surface area contributed by atoms with Crippen LogP contribution in [0.25, 0.3) is 11.1 Å². The van der Waals surface area contributed by atoms with Gasteiger partial charge in [0.05, 0.1) is 0 Å². The van der Waals surface area contributed by atoms with E-state index < -0.39 is 5.83 Å². The number of aliphatic hydroxyl groups is 1. The quantitative estimate of drug-likeness (QED) is 0.458. The van der Waals surface area contributed by atoms with Gasteiger partial charge in [-0.25, -0.2) is 4.39 Å². The van der Waals surface area contributed by atoms with Crippen molar-refractivity contribution < 1.29 is 9.50 Å². The summed E-state index contributed by atoms with van der Waals surface area (Å²) < 4.78 is 13.4. The van der Waals surface area contributed by atoms with Gasteiger partial charge in [-0.1, -0.05) is 36.1 Å². The number of halogens is 1.